The summed E-state index contributed by atoms with van der Waals surface area (Å²) in [5.74, 6) is 1.55. The van der Waals surface area contributed by atoms with Gasteiger partial charge in [-0.05, 0) is 29.8 Å². The van der Waals surface area contributed by atoms with Crippen LogP contribution in [0.5, 0.6) is 5.75 Å². The quantitative estimate of drug-likeness (QED) is 0.901. The molecule has 0 unspecified atom stereocenters. The summed E-state index contributed by atoms with van der Waals surface area (Å²) >= 11 is 5.99. The fourth-order valence-corrected chi connectivity index (χ4v) is 1.63. The maximum absolute atomic E-state index is 5.99. The van der Waals surface area contributed by atoms with E-state index in [0.717, 1.165) is 11.3 Å². The number of aromatic nitrogens is 1. The number of ether oxygens (including phenoxy) is 1. The molecule has 88 valence electrons. The van der Waals surface area contributed by atoms with Crippen molar-refractivity contribution < 1.29 is 4.74 Å². The minimum Gasteiger partial charge on any atom is -0.497 e. The number of anilines is 1. The van der Waals surface area contributed by atoms with Gasteiger partial charge in [0.2, 0.25) is 0 Å². The Labute approximate surface area is 105 Å². The highest BCUT2D eigenvalue weighted by Crippen LogP contribution is 2.18. The number of nitrogens with zero attached hydrogens (tertiary/aromatic N) is 1. The molecule has 0 atom stereocenters. The fourth-order valence-electron chi connectivity index (χ4n) is 1.44. The molecule has 1 aromatic carbocycles. The van der Waals surface area contributed by atoms with Crippen LogP contribution in [0.25, 0.3) is 0 Å². The van der Waals surface area contributed by atoms with Crippen molar-refractivity contribution in [2.75, 3.05) is 12.4 Å². The average molecular weight is 249 g/mol. The van der Waals surface area contributed by atoms with E-state index in [9.17, 15) is 0 Å². The fraction of sp³-hybridized carbons (Fsp3) is 0.154. The molecule has 1 heterocycles. The second-order valence-electron chi connectivity index (χ2n) is 3.54. The zero-order valence-electron chi connectivity index (χ0n) is 9.48. The van der Waals surface area contributed by atoms with Crippen LogP contribution in [-0.4, -0.2) is 12.1 Å². The Balaban J connectivity index is 2.00. The molecule has 0 fully saturated rings. The van der Waals surface area contributed by atoms with Crippen molar-refractivity contribution in [1.82, 2.24) is 4.98 Å². The first-order valence-electron chi connectivity index (χ1n) is 5.27. The lowest BCUT2D eigenvalue weighted by atomic mass is 10.2. The predicted octanol–water partition coefficient (Wildman–Crippen LogP) is 3.36. The molecule has 0 spiro atoms. The molecule has 0 aliphatic carbocycles. The minimum absolute atomic E-state index is 0.626. The number of rotatable bonds is 4. The van der Waals surface area contributed by atoms with E-state index < -0.39 is 0 Å². The number of nitrogens with one attached hydrogen (secondary N) is 1. The first kappa shape index (κ1) is 11.7. The summed E-state index contributed by atoms with van der Waals surface area (Å²) in [5, 5.41) is 3.81. The highest BCUT2D eigenvalue weighted by molar-refractivity contribution is 6.32. The van der Waals surface area contributed by atoms with E-state index in [1.807, 2.05) is 30.3 Å². The zero-order valence-corrected chi connectivity index (χ0v) is 10.2. The molecule has 4 heteroatoms. The minimum atomic E-state index is 0.626. The van der Waals surface area contributed by atoms with Gasteiger partial charge in [-0.15, -0.1) is 0 Å². The summed E-state index contributed by atoms with van der Waals surface area (Å²) in [6.45, 7) is 0.681. The standard InChI is InChI=1S/C13H13ClN2O/c1-17-11-6-4-10(5-7-11)9-16-13-12(14)3-2-8-15-13/h2-8H,9H2,1H3,(H,15,16). The molecule has 0 aliphatic rings. The summed E-state index contributed by atoms with van der Waals surface area (Å²) in [4.78, 5) is 4.16. The number of hydrogen-bond donors (Lipinski definition) is 1. The second-order valence-corrected chi connectivity index (χ2v) is 3.94. The number of methoxy groups -OCH3 is 1. The first-order valence-corrected chi connectivity index (χ1v) is 5.64. The third-order valence-corrected chi connectivity index (χ3v) is 2.68. The Morgan fingerprint density at radius 2 is 2.00 bits per heavy atom. The SMILES string of the molecule is COc1ccc(CNc2ncccc2Cl)cc1. The molecule has 0 bridgehead atoms. The third-order valence-electron chi connectivity index (χ3n) is 2.38. The highest BCUT2D eigenvalue weighted by Gasteiger charge is 2.00. The van der Waals surface area contributed by atoms with Gasteiger partial charge in [-0.3, -0.25) is 0 Å². The molecule has 0 aliphatic heterocycles. The lowest BCUT2D eigenvalue weighted by Crippen LogP contribution is -2.01. The van der Waals surface area contributed by atoms with E-state index in [4.69, 9.17) is 16.3 Å². The largest absolute Gasteiger partial charge is 0.497 e. The molecule has 0 radical (unpaired) electrons. The molecule has 3 nitrogen and oxygen atoms in total. The second kappa shape index (κ2) is 5.55. The van der Waals surface area contributed by atoms with Crippen LogP contribution in [0.3, 0.4) is 0 Å². The maximum atomic E-state index is 5.99. The van der Waals surface area contributed by atoms with Crippen LogP contribution < -0.4 is 10.1 Å². The van der Waals surface area contributed by atoms with Crippen molar-refractivity contribution in [3.05, 3.63) is 53.2 Å². The summed E-state index contributed by atoms with van der Waals surface area (Å²) in [6.07, 6.45) is 1.71. The lowest BCUT2D eigenvalue weighted by Gasteiger charge is -2.07. The van der Waals surface area contributed by atoms with Gasteiger partial charge in [0.25, 0.3) is 0 Å². The van der Waals surface area contributed by atoms with Crippen molar-refractivity contribution in [3.63, 3.8) is 0 Å². The van der Waals surface area contributed by atoms with Gasteiger partial charge in [0.1, 0.15) is 11.6 Å². The Bertz CT molecular complexity index is 485. The molecule has 0 saturated heterocycles. The zero-order chi connectivity index (χ0) is 12.1. The monoisotopic (exact) mass is 248 g/mol. The van der Waals surface area contributed by atoms with Gasteiger partial charge in [-0.2, -0.15) is 0 Å². The molecule has 17 heavy (non-hydrogen) atoms. The average Bonchev–Trinajstić information content (AvgIpc) is 2.38. The topological polar surface area (TPSA) is 34.1 Å². The highest BCUT2D eigenvalue weighted by atomic mass is 35.5. The Morgan fingerprint density at radius 1 is 1.24 bits per heavy atom. The van der Waals surface area contributed by atoms with Crippen LogP contribution in [0, 0.1) is 0 Å². The summed E-state index contributed by atoms with van der Waals surface area (Å²) in [6, 6.07) is 11.5. The van der Waals surface area contributed by atoms with Gasteiger partial charge < -0.3 is 10.1 Å². The van der Waals surface area contributed by atoms with Crippen LogP contribution in [0.15, 0.2) is 42.6 Å². The molecule has 1 aromatic heterocycles. The van der Waals surface area contributed by atoms with Gasteiger partial charge in [-0.25, -0.2) is 4.98 Å². The van der Waals surface area contributed by atoms with Crippen LogP contribution in [-0.2, 0) is 6.54 Å². The van der Waals surface area contributed by atoms with Crippen molar-refractivity contribution in [3.8, 4) is 5.75 Å². The molecule has 2 aromatic rings. The lowest BCUT2D eigenvalue weighted by molar-refractivity contribution is 0.414. The van der Waals surface area contributed by atoms with Crippen LogP contribution in [0.1, 0.15) is 5.56 Å². The normalized spacial score (nSPS) is 10.0. The van der Waals surface area contributed by atoms with Crippen molar-refractivity contribution >= 4 is 17.4 Å². The summed E-state index contributed by atoms with van der Waals surface area (Å²) < 4.78 is 5.10. The molecule has 2 rings (SSSR count). The van der Waals surface area contributed by atoms with Gasteiger partial charge >= 0.3 is 0 Å². The molecule has 0 amide bonds. The Morgan fingerprint density at radius 3 is 2.65 bits per heavy atom. The number of pyridine rings is 1. The predicted molar refractivity (Wildman–Crippen MR) is 69.6 cm³/mol. The van der Waals surface area contributed by atoms with Gasteiger partial charge in [0, 0.05) is 12.7 Å². The van der Waals surface area contributed by atoms with Crippen LogP contribution >= 0.6 is 11.6 Å². The maximum Gasteiger partial charge on any atom is 0.145 e. The van der Waals surface area contributed by atoms with Crippen molar-refractivity contribution in [2.45, 2.75) is 6.54 Å². The molecule has 0 saturated carbocycles. The molecular weight excluding hydrogens is 236 g/mol. The van der Waals surface area contributed by atoms with E-state index in [1.54, 1.807) is 19.4 Å². The first-order chi connectivity index (χ1) is 8.29. The van der Waals surface area contributed by atoms with E-state index in [0.29, 0.717) is 17.4 Å². The number of hydrogen-bond acceptors (Lipinski definition) is 3. The van der Waals surface area contributed by atoms with Gasteiger partial charge in [0.15, 0.2) is 0 Å². The van der Waals surface area contributed by atoms with E-state index in [1.165, 1.54) is 0 Å². The molecule has 1 N–H and O–H groups in total. The van der Waals surface area contributed by atoms with Crippen LogP contribution in [0.4, 0.5) is 5.82 Å². The van der Waals surface area contributed by atoms with E-state index in [2.05, 4.69) is 10.3 Å². The third kappa shape index (κ3) is 3.11. The summed E-state index contributed by atoms with van der Waals surface area (Å²) in [7, 11) is 1.65. The number of benzene rings is 1. The van der Waals surface area contributed by atoms with Crippen molar-refractivity contribution in [1.29, 1.82) is 0 Å². The molecular formula is C13H13ClN2O. The van der Waals surface area contributed by atoms with Crippen LogP contribution in [0.2, 0.25) is 5.02 Å². The van der Waals surface area contributed by atoms with Crippen molar-refractivity contribution in [2.24, 2.45) is 0 Å². The number of halogens is 1. The smallest absolute Gasteiger partial charge is 0.145 e. The Kier molecular flexibility index (Phi) is 3.83. The summed E-state index contributed by atoms with van der Waals surface area (Å²) in [5.41, 5.74) is 1.15. The van der Waals surface area contributed by atoms with E-state index in [-0.39, 0.29) is 0 Å². The van der Waals surface area contributed by atoms with Gasteiger partial charge in [-0.1, -0.05) is 23.7 Å². The Hall–Kier alpha value is -1.74. The van der Waals surface area contributed by atoms with E-state index >= 15 is 0 Å². The van der Waals surface area contributed by atoms with Gasteiger partial charge in [0.05, 0.1) is 12.1 Å².